The number of carboxylic acids is 1. The summed E-state index contributed by atoms with van der Waals surface area (Å²) in [7, 11) is 0. The van der Waals surface area contributed by atoms with Crippen molar-refractivity contribution in [3.05, 3.63) is 52.8 Å². The Morgan fingerprint density at radius 2 is 1.86 bits per heavy atom. The molecule has 3 heterocycles. The van der Waals surface area contributed by atoms with E-state index in [-0.39, 0.29) is 17.7 Å². The molecule has 0 amide bonds. The quantitative estimate of drug-likeness (QED) is 0.342. The lowest BCUT2D eigenvalue weighted by atomic mass is 9.72. The molecule has 11 heteroatoms. The number of rotatable bonds is 7. The Balaban J connectivity index is 1.57. The molecule has 7 nitrogen and oxygen atoms in total. The topological polar surface area (TPSA) is 108 Å². The summed E-state index contributed by atoms with van der Waals surface area (Å²) in [4.78, 5) is 25.0. The first-order valence-corrected chi connectivity index (χ1v) is 12.5. The number of aryl methyl sites for hydroxylation is 1. The molecule has 3 aromatic rings. The minimum atomic E-state index is -4.48. The summed E-state index contributed by atoms with van der Waals surface area (Å²) in [5.41, 5.74) is -0.571. The lowest BCUT2D eigenvalue weighted by Gasteiger charge is -2.37. The molecular formula is C25H27F3N4O3S. The molecule has 4 rings (SSSR count). The van der Waals surface area contributed by atoms with Crippen molar-refractivity contribution in [2.24, 2.45) is 11.8 Å². The number of nitrogens with zero attached hydrogens (tertiary/aromatic N) is 3. The summed E-state index contributed by atoms with van der Waals surface area (Å²) >= 11 is 1.32. The Hall–Kier alpha value is -3.05. The van der Waals surface area contributed by atoms with Crippen LogP contribution >= 0.6 is 11.3 Å². The fraction of sp³-hybridized carbons (Fsp3) is 0.440. The molecule has 36 heavy (non-hydrogen) atoms. The summed E-state index contributed by atoms with van der Waals surface area (Å²) in [5.74, 6) is -0.893. The molecule has 0 aliphatic heterocycles. The van der Waals surface area contributed by atoms with Crippen molar-refractivity contribution < 1.29 is 28.2 Å². The number of aromatic nitrogens is 3. The molecular weight excluding hydrogens is 493 g/mol. The molecule has 192 valence electrons. The van der Waals surface area contributed by atoms with E-state index in [1.807, 2.05) is 19.9 Å². The van der Waals surface area contributed by atoms with Crippen LogP contribution in [0.2, 0.25) is 0 Å². The first-order valence-electron chi connectivity index (χ1n) is 11.7. The van der Waals surface area contributed by atoms with Crippen LogP contribution in [-0.4, -0.2) is 31.1 Å². The number of nitrogens with one attached hydrogen (secondary N) is 1. The van der Waals surface area contributed by atoms with E-state index in [1.165, 1.54) is 11.3 Å². The van der Waals surface area contributed by atoms with Gasteiger partial charge in [-0.25, -0.2) is 15.0 Å². The Kier molecular flexibility index (Phi) is 7.33. The number of aliphatic hydroxyl groups is 1. The predicted octanol–water partition coefficient (Wildman–Crippen LogP) is 6.16. The monoisotopic (exact) mass is 520 g/mol. The maximum absolute atomic E-state index is 13.0. The highest BCUT2D eigenvalue weighted by molar-refractivity contribution is 7.15. The van der Waals surface area contributed by atoms with Gasteiger partial charge in [-0.1, -0.05) is 6.92 Å². The fourth-order valence-electron chi connectivity index (χ4n) is 4.69. The highest BCUT2D eigenvalue weighted by Gasteiger charge is 2.42. The number of pyridine rings is 2. The van der Waals surface area contributed by atoms with E-state index < -0.39 is 23.3 Å². The summed E-state index contributed by atoms with van der Waals surface area (Å²) in [6.45, 7) is 3.74. The zero-order valence-corrected chi connectivity index (χ0v) is 20.7. The molecule has 1 atom stereocenters. The largest absolute Gasteiger partial charge is 0.481 e. The molecule has 1 fully saturated rings. The number of hydrogen-bond donors (Lipinski definition) is 3. The van der Waals surface area contributed by atoms with Crippen molar-refractivity contribution in [1.82, 2.24) is 15.0 Å². The van der Waals surface area contributed by atoms with Crippen molar-refractivity contribution in [3.63, 3.8) is 0 Å². The van der Waals surface area contributed by atoms with E-state index in [4.69, 9.17) is 0 Å². The third-order valence-electron chi connectivity index (χ3n) is 6.73. The minimum absolute atomic E-state index is 0.0243. The Labute approximate surface area is 210 Å². The molecule has 3 N–H and O–H groups in total. The molecule has 1 aliphatic carbocycles. The maximum atomic E-state index is 13.0. The SMILES string of the molecule is CCC(O)(c1ncc(-c2cc(C)cc(Nc3cc(C(F)(F)F)ccn3)n2)s1)[C@H]1CC[C@H](C(=O)O)CC1. The third-order valence-corrected chi connectivity index (χ3v) is 7.92. The van der Waals surface area contributed by atoms with E-state index in [1.54, 1.807) is 12.3 Å². The summed E-state index contributed by atoms with van der Waals surface area (Å²) in [6.07, 6.45) is 0.958. The highest BCUT2D eigenvalue weighted by Crippen LogP contribution is 2.45. The van der Waals surface area contributed by atoms with Crippen molar-refractivity contribution in [2.45, 2.75) is 57.7 Å². The van der Waals surface area contributed by atoms with Crippen LogP contribution in [0.5, 0.6) is 0 Å². The second-order valence-corrected chi connectivity index (χ2v) is 10.2. The minimum Gasteiger partial charge on any atom is -0.481 e. The van der Waals surface area contributed by atoms with Gasteiger partial charge in [-0.3, -0.25) is 4.79 Å². The molecule has 1 aliphatic rings. The molecule has 0 spiro atoms. The Morgan fingerprint density at radius 1 is 1.14 bits per heavy atom. The molecule has 3 aromatic heterocycles. The summed E-state index contributed by atoms with van der Waals surface area (Å²) < 4.78 is 39.1. The van der Waals surface area contributed by atoms with Gasteiger partial charge in [-0.05, 0) is 74.8 Å². The number of halogens is 3. The van der Waals surface area contributed by atoms with Gasteiger partial charge in [0.1, 0.15) is 22.2 Å². The van der Waals surface area contributed by atoms with Crippen LogP contribution in [0.15, 0.2) is 36.7 Å². The first-order chi connectivity index (χ1) is 17.0. The van der Waals surface area contributed by atoms with E-state index in [0.717, 1.165) is 23.9 Å². The van der Waals surface area contributed by atoms with E-state index in [2.05, 4.69) is 20.3 Å². The van der Waals surface area contributed by atoms with Crippen LogP contribution in [0.25, 0.3) is 10.6 Å². The van der Waals surface area contributed by atoms with E-state index in [9.17, 15) is 28.2 Å². The molecule has 1 saturated carbocycles. The number of hydrogen-bond acceptors (Lipinski definition) is 7. The number of carbonyl (C=O) groups is 1. The number of thiazole rings is 1. The molecule has 0 radical (unpaired) electrons. The van der Waals surface area contributed by atoms with Gasteiger partial charge >= 0.3 is 12.1 Å². The lowest BCUT2D eigenvalue weighted by Crippen LogP contribution is -2.37. The van der Waals surface area contributed by atoms with Crippen LogP contribution in [-0.2, 0) is 16.6 Å². The van der Waals surface area contributed by atoms with Crippen molar-refractivity contribution in [1.29, 1.82) is 0 Å². The molecule has 0 saturated heterocycles. The third kappa shape index (κ3) is 5.52. The molecule has 0 aromatic carbocycles. The maximum Gasteiger partial charge on any atom is 0.416 e. The van der Waals surface area contributed by atoms with E-state index >= 15 is 0 Å². The zero-order chi connectivity index (χ0) is 26.1. The number of aliphatic carboxylic acids is 1. The second-order valence-electron chi connectivity index (χ2n) is 9.16. The van der Waals surface area contributed by atoms with Crippen LogP contribution in [0, 0.1) is 18.8 Å². The number of alkyl halides is 3. The lowest BCUT2D eigenvalue weighted by molar-refractivity contribution is -0.144. The van der Waals surface area contributed by atoms with Gasteiger partial charge in [0.15, 0.2) is 0 Å². The van der Waals surface area contributed by atoms with Crippen LogP contribution < -0.4 is 5.32 Å². The van der Waals surface area contributed by atoms with E-state index in [0.29, 0.717) is 53.5 Å². The van der Waals surface area contributed by atoms with Gasteiger partial charge < -0.3 is 15.5 Å². The zero-order valence-electron chi connectivity index (χ0n) is 19.8. The fourth-order valence-corrected chi connectivity index (χ4v) is 5.81. The van der Waals surface area contributed by atoms with Crippen LogP contribution in [0.4, 0.5) is 24.8 Å². The van der Waals surface area contributed by atoms with Crippen LogP contribution in [0.1, 0.15) is 55.2 Å². The van der Waals surface area contributed by atoms with Gasteiger partial charge in [0, 0.05) is 12.4 Å². The van der Waals surface area contributed by atoms with Crippen molar-refractivity contribution in [3.8, 4) is 10.6 Å². The second kappa shape index (κ2) is 10.1. The standard InChI is InChI=1S/C25H27F3N4O3S/c1-3-24(35,16-6-4-15(5-7-16)22(33)34)23-30-13-19(36-23)18-10-14(2)11-21(31-18)32-20-12-17(8-9-29-20)25(26,27)28/h8-13,15-16,35H,3-7H2,1-2H3,(H,33,34)(H,29,31,32)/t15-,16-,24?. The van der Waals surface area contributed by atoms with Gasteiger partial charge in [0.05, 0.1) is 22.1 Å². The average Bonchev–Trinajstić information content (AvgIpc) is 3.34. The number of carboxylic acid groups (broad SMARTS) is 1. The van der Waals surface area contributed by atoms with Crippen molar-refractivity contribution >= 4 is 28.9 Å². The molecule has 0 bridgehead atoms. The Bertz CT molecular complexity index is 1240. The first kappa shape index (κ1) is 26.0. The van der Waals surface area contributed by atoms with Gasteiger partial charge in [-0.15, -0.1) is 11.3 Å². The van der Waals surface area contributed by atoms with Gasteiger partial charge in [0.2, 0.25) is 0 Å². The number of anilines is 2. The average molecular weight is 521 g/mol. The normalized spacial score (nSPS) is 20.1. The summed E-state index contributed by atoms with van der Waals surface area (Å²) in [6, 6.07) is 5.37. The highest BCUT2D eigenvalue weighted by atomic mass is 32.1. The van der Waals surface area contributed by atoms with Gasteiger partial charge in [0.25, 0.3) is 0 Å². The smallest absolute Gasteiger partial charge is 0.416 e. The van der Waals surface area contributed by atoms with Gasteiger partial charge in [-0.2, -0.15) is 13.2 Å². The Morgan fingerprint density at radius 3 is 2.50 bits per heavy atom. The van der Waals surface area contributed by atoms with Crippen molar-refractivity contribution in [2.75, 3.05) is 5.32 Å². The van der Waals surface area contributed by atoms with Crippen LogP contribution in [0.3, 0.4) is 0 Å². The predicted molar refractivity (Wildman–Crippen MR) is 130 cm³/mol. The summed E-state index contributed by atoms with van der Waals surface area (Å²) in [5, 5.41) is 24.2. The molecule has 1 unspecified atom stereocenters.